The Morgan fingerprint density at radius 1 is 1.16 bits per heavy atom. The number of methoxy groups -OCH3 is 1. The van der Waals surface area contributed by atoms with Crippen LogP contribution in [0.3, 0.4) is 0 Å². The molecule has 96 valence electrons. The minimum absolute atomic E-state index is 0.555. The van der Waals surface area contributed by atoms with E-state index >= 15 is 0 Å². The monoisotopic (exact) mass is 272 g/mol. The summed E-state index contributed by atoms with van der Waals surface area (Å²) in [6.07, 6.45) is 0. The summed E-state index contributed by atoms with van der Waals surface area (Å²) in [5, 5.41) is 12.9. The molecule has 19 heavy (non-hydrogen) atoms. The van der Waals surface area contributed by atoms with Crippen LogP contribution in [0.5, 0.6) is 5.75 Å². The summed E-state index contributed by atoms with van der Waals surface area (Å²) in [5.74, 6) is 0.801. The number of aryl methyl sites for hydroxylation is 1. The molecular formula is C15H13ClN2O. The van der Waals surface area contributed by atoms with E-state index in [0.717, 1.165) is 17.0 Å². The van der Waals surface area contributed by atoms with Gasteiger partial charge in [0.15, 0.2) is 0 Å². The molecule has 0 radical (unpaired) electrons. The number of rotatable bonds is 3. The topological polar surface area (TPSA) is 45.0 Å². The SMILES string of the molecule is COc1ccc(Nc2cc(Cl)ccc2C#N)c(C)c1. The maximum Gasteiger partial charge on any atom is 0.119 e. The first kappa shape index (κ1) is 13.3. The summed E-state index contributed by atoms with van der Waals surface area (Å²) in [7, 11) is 1.63. The molecule has 0 aliphatic carbocycles. The number of nitriles is 1. The lowest BCUT2D eigenvalue weighted by atomic mass is 10.1. The van der Waals surface area contributed by atoms with Crippen molar-refractivity contribution in [2.75, 3.05) is 12.4 Å². The summed E-state index contributed by atoms with van der Waals surface area (Å²) >= 11 is 5.96. The van der Waals surface area contributed by atoms with Crippen molar-refractivity contribution >= 4 is 23.0 Å². The highest BCUT2D eigenvalue weighted by Crippen LogP contribution is 2.28. The Bertz CT molecular complexity index is 647. The molecule has 1 N–H and O–H groups in total. The van der Waals surface area contributed by atoms with E-state index in [0.29, 0.717) is 16.3 Å². The van der Waals surface area contributed by atoms with Crippen molar-refractivity contribution in [2.24, 2.45) is 0 Å². The average molecular weight is 273 g/mol. The third-order valence-corrected chi connectivity index (χ3v) is 3.04. The predicted octanol–water partition coefficient (Wildman–Crippen LogP) is 4.27. The second kappa shape index (κ2) is 5.64. The van der Waals surface area contributed by atoms with Crippen molar-refractivity contribution in [2.45, 2.75) is 6.92 Å². The minimum atomic E-state index is 0.555. The molecular weight excluding hydrogens is 260 g/mol. The molecule has 0 heterocycles. The smallest absolute Gasteiger partial charge is 0.119 e. The highest BCUT2D eigenvalue weighted by atomic mass is 35.5. The fraction of sp³-hybridized carbons (Fsp3) is 0.133. The highest BCUT2D eigenvalue weighted by molar-refractivity contribution is 6.30. The first-order valence-corrected chi connectivity index (χ1v) is 6.13. The van der Waals surface area contributed by atoms with Crippen LogP contribution in [0.4, 0.5) is 11.4 Å². The average Bonchev–Trinajstić information content (AvgIpc) is 2.41. The van der Waals surface area contributed by atoms with E-state index in [2.05, 4.69) is 11.4 Å². The van der Waals surface area contributed by atoms with Crippen molar-refractivity contribution < 1.29 is 4.74 Å². The Morgan fingerprint density at radius 2 is 1.95 bits per heavy atom. The van der Waals surface area contributed by atoms with Crippen molar-refractivity contribution in [3.05, 3.63) is 52.5 Å². The second-order valence-corrected chi connectivity index (χ2v) is 4.54. The van der Waals surface area contributed by atoms with Gasteiger partial charge in [-0.05, 0) is 48.9 Å². The van der Waals surface area contributed by atoms with Gasteiger partial charge in [0.2, 0.25) is 0 Å². The van der Waals surface area contributed by atoms with Gasteiger partial charge >= 0.3 is 0 Å². The van der Waals surface area contributed by atoms with Gasteiger partial charge in [-0.15, -0.1) is 0 Å². The normalized spacial score (nSPS) is 9.79. The third-order valence-electron chi connectivity index (χ3n) is 2.80. The van der Waals surface area contributed by atoms with Gasteiger partial charge in [0.05, 0.1) is 18.4 Å². The molecule has 0 saturated carbocycles. The van der Waals surface area contributed by atoms with Gasteiger partial charge in [0, 0.05) is 10.7 Å². The number of halogens is 1. The summed E-state index contributed by atoms with van der Waals surface area (Å²) in [4.78, 5) is 0. The fourth-order valence-electron chi connectivity index (χ4n) is 1.77. The van der Waals surface area contributed by atoms with Gasteiger partial charge in [0.1, 0.15) is 11.8 Å². The molecule has 0 amide bonds. The number of ether oxygens (including phenoxy) is 1. The van der Waals surface area contributed by atoms with Crippen molar-refractivity contribution in [3.8, 4) is 11.8 Å². The maximum absolute atomic E-state index is 9.09. The summed E-state index contributed by atoms with van der Waals surface area (Å²) in [5.41, 5.74) is 3.20. The molecule has 0 aliphatic rings. The fourth-order valence-corrected chi connectivity index (χ4v) is 1.94. The van der Waals surface area contributed by atoms with E-state index in [1.165, 1.54) is 0 Å². The van der Waals surface area contributed by atoms with Crippen LogP contribution in [-0.4, -0.2) is 7.11 Å². The minimum Gasteiger partial charge on any atom is -0.497 e. The Balaban J connectivity index is 2.36. The molecule has 0 aliphatic heterocycles. The van der Waals surface area contributed by atoms with E-state index in [-0.39, 0.29) is 0 Å². The summed E-state index contributed by atoms with van der Waals surface area (Å²) < 4.78 is 5.16. The Kier molecular flexibility index (Phi) is 3.94. The number of hydrogen-bond acceptors (Lipinski definition) is 3. The Hall–Kier alpha value is -2.18. The van der Waals surface area contributed by atoms with E-state index in [9.17, 15) is 0 Å². The van der Waals surface area contributed by atoms with E-state index in [1.807, 2.05) is 25.1 Å². The molecule has 0 spiro atoms. The molecule has 0 saturated heterocycles. The van der Waals surface area contributed by atoms with Crippen molar-refractivity contribution in [1.29, 1.82) is 5.26 Å². The molecule has 0 atom stereocenters. The van der Waals surface area contributed by atoms with Gasteiger partial charge < -0.3 is 10.1 Å². The predicted molar refractivity (Wildman–Crippen MR) is 77.2 cm³/mol. The van der Waals surface area contributed by atoms with Crippen LogP contribution < -0.4 is 10.1 Å². The third kappa shape index (κ3) is 2.98. The number of nitrogens with zero attached hydrogens (tertiary/aromatic N) is 1. The van der Waals surface area contributed by atoms with Gasteiger partial charge in [-0.1, -0.05) is 11.6 Å². The standard InChI is InChI=1S/C15H13ClN2O/c1-10-7-13(19-2)5-6-14(10)18-15-8-12(16)4-3-11(15)9-17/h3-8,18H,1-2H3. The van der Waals surface area contributed by atoms with Crippen LogP contribution in [0.1, 0.15) is 11.1 Å². The quantitative estimate of drug-likeness (QED) is 0.907. The molecule has 2 aromatic rings. The largest absolute Gasteiger partial charge is 0.497 e. The number of nitrogens with one attached hydrogen (secondary N) is 1. The lowest BCUT2D eigenvalue weighted by Crippen LogP contribution is -1.96. The molecule has 0 fully saturated rings. The second-order valence-electron chi connectivity index (χ2n) is 4.11. The number of benzene rings is 2. The van der Waals surface area contributed by atoms with Gasteiger partial charge in [-0.3, -0.25) is 0 Å². The molecule has 4 heteroatoms. The molecule has 0 bridgehead atoms. The lowest BCUT2D eigenvalue weighted by molar-refractivity contribution is 0.414. The van der Waals surface area contributed by atoms with E-state index < -0.39 is 0 Å². The maximum atomic E-state index is 9.09. The van der Waals surface area contributed by atoms with Gasteiger partial charge in [0.25, 0.3) is 0 Å². The zero-order chi connectivity index (χ0) is 13.8. The van der Waals surface area contributed by atoms with E-state index in [1.54, 1.807) is 25.3 Å². The first-order valence-electron chi connectivity index (χ1n) is 5.75. The van der Waals surface area contributed by atoms with Crippen molar-refractivity contribution in [1.82, 2.24) is 0 Å². The first-order chi connectivity index (χ1) is 9.13. The molecule has 2 rings (SSSR count). The summed E-state index contributed by atoms with van der Waals surface area (Å²) in [6.45, 7) is 1.97. The van der Waals surface area contributed by atoms with Crippen LogP contribution in [-0.2, 0) is 0 Å². The molecule has 3 nitrogen and oxygen atoms in total. The number of anilines is 2. The van der Waals surface area contributed by atoms with E-state index in [4.69, 9.17) is 21.6 Å². The Morgan fingerprint density at radius 3 is 2.58 bits per heavy atom. The molecule has 2 aromatic carbocycles. The zero-order valence-electron chi connectivity index (χ0n) is 10.7. The van der Waals surface area contributed by atoms with Crippen LogP contribution >= 0.6 is 11.6 Å². The van der Waals surface area contributed by atoms with Crippen LogP contribution in [0.15, 0.2) is 36.4 Å². The molecule has 0 aromatic heterocycles. The molecule has 0 unspecified atom stereocenters. The highest BCUT2D eigenvalue weighted by Gasteiger charge is 2.06. The number of hydrogen-bond donors (Lipinski definition) is 1. The van der Waals surface area contributed by atoms with Gasteiger partial charge in [-0.25, -0.2) is 0 Å². The van der Waals surface area contributed by atoms with Crippen LogP contribution in [0.2, 0.25) is 5.02 Å². The lowest BCUT2D eigenvalue weighted by Gasteiger charge is -2.12. The Labute approximate surface area is 117 Å². The zero-order valence-corrected chi connectivity index (χ0v) is 11.5. The van der Waals surface area contributed by atoms with Crippen molar-refractivity contribution in [3.63, 3.8) is 0 Å². The summed E-state index contributed by atoms with van der Waals surface area (Å²) in [6, 6.07) is 13.0. The van der Waals surface area contributed by atoms with Gasteiger partial charge in [-0.2, -0.15) is 5.26 Å². The van der Waals surface area contributed by atoms with Crippen LogP contribution in [0.25, 0.3) is 0 Å². The van der Waals surface area contributed by atoms with Crippen LogP contribution in [0, 0.1) is 18.3 Å².